The van der Waals surface area contributed by atoms with Gasteiger partial charge in [-0.2, -0.15) is 0 Å². The number of aromatic nitrogens is 1. The van der Waals surface area contributed by atoms with Crippen LogP contribution in [0.15, 0.2) is 108 Å². The predicted molar refractivity (Wildman–Crippen MR) is 159 cm³/mol. The van der Waals surface area contributed by atoms with Crippen molar-refractivity contribution in [2.45, 2.75) is 39.2 Å². The van der Waals surface area contributed by atoms with Crippen LogP contribution in [0.4, 0.5) is 0 Å². The standard InChI is InChI=1S/C35H33NO5/c1-24-31(36-33(40-24)28-16-10-15-27(22-28)26-13-8-5-9-14-26)19-20-39-30-17-18-32(41-35(2,3)34(37)38)29(23-30)21-25-11-6-4-7-12-25/h4-18,22-23H,19-21H2,1-3H3,(H,37,38). The van der Waals surface area contributed by atoms with E-state index in [4.69, 9.17) is 18.9 Å². The fourth-order valence-electron chi connectivity index (χ4n) is 4.53. The first-order chi connectivity index (χ1) is 19.8. The fraction of sp³-hybridized carbons (Fsp3) is 0.200. The number of carboxylic acids is 1. The molecule has 6 nitrogen and oxygen atoms in total. The second-order valence-electron chi connectivity index (χ2n) is 10.4. The first kappa shape index (κ1) is 27.7. The lowest BCUT2D eigenvalue weighted by molar-refractivity contribution is -0.152. The van der Waals surface area contributed by atoms with Crippen molar-refractivity contribution in [3.8, 4) is 34.1 Å². The summed E-state index contributed by atoms with van der Waals surface area (Å²) in [7, 11) is 0. The van der Waals surface area contributed by atoms with Crippen molar-refractivity contribution in [2.24, 2.45) is 0 Å². The molecule has 0 saturated heterocycles. The molecule has 0 atom stereocenters. The third kappa shape index (κ3) is 6.84. The first-order valence-electron chi connectivity index (χ1n) is 13.6. The van der Waals surface area contributed by atoms with Crippen LogP contribution in [0.2, 0.25) is 0 Å². The second-order valence-corrected chi connectivity index (χ2v) is 10.4. The molecule has 0 aliphatic rings. The van der Waals surface area contributed by atoms with E-state index in [9.17, 15) is 9.90 Å². The smallest absolute Gasteiger partial charge is 0.347 e. The summed E-state index contributed by atoms with van der Waals surface area (Å²) in [4.78, 5) is 16.4. The van der Waals surface area contributed by atoms with E-state index in [1.807, 2.05) is 73.7 Å². The van der Waals surface area contributed by atoms with Crippen molar-refractivity contribution >= 4 is 5.97 Å². The number of nitrogens with zero attached hydrogens (tertiary/aromatic N) is 1. The molecular weight excluding hydrogens is 514 g/mol. The minimum atomic E-state index is -1.36. The van der Waals surface area contributed by atoms with Crippen LogP contribution in [0.3, 0.4) is 0 Å². The van der Waals surface area contributed by atoms with E-state index in [1.165, 1.54) is 0 Å². The largest absolute Gasteiger partial charge is 0.493 e. The van der Waals surface area contributed by atoms with Crippen molar-refractivity contribution in [3.63, 3.8) is 0 Å². The summed E-state index contributed by atoms with van der Waals surface area (Å²) in [5.74, 6) is 1.51. The molecule has 208 valence electrons. The molecule has 0 saturated carbocycles. The molecule has 0 bridgehead atoms. The van der Waals surface area contributed by atoms with Gasteiger partial charge in [-0.1, -0.05) is 72.8 Å². The number of rotatable bonds is 11. The average molecular weight is 548 g/mol. The Morgan fingerprint density at radius 2 is 1.54 bits per heavy atom. The molecule has 0 spiro atoms. The lowest BCUT2D eigenvalue weighted by Gasteiger charge is -2.24. The van der Waals surface area contributed by atoms with Crippen molar-refractivity contribution < 1.29 is 23.8 Å². The molecule has 1 heterocycles. The highest BCUT2D eigenvalue weighted by atomic mass is 16.5. The van der Waals surface area contributed by atoms with Gasteiger partial charge in [-0.15, -0.1) is 0 Å². The minimum absolute atomic E-state index is 0.405. The van der Waals surface area contributed by atoms with Crippen LogP contribution in [-0.4, -0.2) is 28.3 Å². The van der Waals surface area contributed by atoms with Crippen LogP contribution in [0.1, 0.15) is 36.4 Å². The van der Waals surface area contributed by atoms with Gasteiger partial charge in [-0.05, 0) is 67.8 Å². The molecule has 0 aliphatic heterocycles. The summed E-state index contributed by atoms with van der Waals surface area (Å²) in [6.45, 7) is 5.40. The van der Waals surface area contributed by atoms with Gasteiger partial charge in [0.2, 0.25) is 5.89 Å². The van der Waals surface area contributed by atoms with Gasteiger partial charge in [0.05, 0.1) is 12.3 Å². The van der Waals surface area contributed by atoms with E-state index in [1.54, 1.807) is 26.0 Å². The molecule has 1 aromatic heterocycles. The summed E-state index contributed by atoms with van der Waals surface area (Å²) in [5, 5.41) is 9.56. The third-order valence-corrected chi connectivity index (χ3v) is 6.87. The van der Waals surface area contributed by atoms with Crippen LogP contribution < -0.4 is 9.47 Å². The Kier molecular flexibility index (Phi) is 8.20. The Balaban J connectivity index is 1.29. The maximum Gasteiger partial charge on any atom is 0.347 e. The molecule has 1 N–H and O–H groups in total. The number of aliphatic carboxylic acids is 1. The van der Waals surface area contributed by atoms with Gasteiger partial charge in [0, 0.05) is 24.0 Å². The van der Waals surface area contributed by atoms with Crippen LogP contribution in [0, 0.1) is 6.92 Å². The SMILES string of the molecule is Cc1oc(-c2cccc(-c3ccccc3)c2)nc1CCOc1ccc(OC(C)(C)C(=O)O)c(Cc2ccccc2)c1. The quantitative estimate of drug-likeness (QED) is 0.182. The summed E-state index contributed by atoms with van der Waals surface area (Å²) in [6.07, 6.45) is 1.16. The number of hydrogen-bond acceptors (Lipinski definition) is 5. The third-order valence-electron chi connectivity index (χ3n) is 6.87. The maximum absolute atomic E-state index is 11.7. The van der Waals surface area contributed by atoms with Crippen molar-refractivity contribution in [1.29, 1.82) is 0 Å². The zero-order valence-corrected chi connectivity index (χ0v) is 23.5. The molecule has 41 heavy (non-hydrogen) atoms. The van der Waals surface area contributed by atoms with Crippen LogP contribution >= 0.6 is 0 Å². The molecular formula is C35H33NO5. The number of oxazole rings is 1. The van der Waals surface area contributed by atoms with E-state index in [2.05, 4.69) is 24.3 Å². The molecule has 0 aliphatic carbocycles. The topological polar surface area (TPSA) is 81.8 Å². The number of benzene rings is 4. The van der Waals surface area contributed by atoms with E-state index < -0.39 is 11.6 Å². The molecule has 5 rings (SSSR count). The van der Waals surface area contributed by atoms with E-state index in [0.29, 0.717) is 36.8 Å². The van der Waals surface area contributed by atoms with Crippen LogP contribution in [0.25, 0.3) is 22.6 Å². The van der Waals surface area contributed by atoms with Gasteiger partial charge >= 0.3 is 5.97 Å². The number of hydrogen-bond donors (Lipinski definition) is 1. The van der Waals surface area contributed by atoms with Crippen molar-refractivity contribution in [3.05, 3.63) is 126 Å². The van der Waals surface area contributed by atoms with Gasteiger partial charge in [-0.25, -0.2) is 9.78 Å². The van der Waals surface area contributed by atoms with E-state index in [-0.39, 0.29) is 0 Å². The van der Waals surface area contributed by atoms with Gasteiger partial charge in [0.25, 0.3) is 0 Å². The summed E-state index contributed by atoms with van der Waals surface area (Å²) >= 11 is 0. The van der Waals surface area contributed by atoms with Crippen LogP contribution in [-0.2, 0) is 17.6 Å². The molecule has 0 radical (unpaired) electrons. The highest BCUT2D eigenvalue weighted by Crippen LogP contribution is 2.31. The van der Waals surface area contributed by atoms with Crippen molar-refractivity contribution in [1.82, 2.24) is 4.98 Å². The lowest BCUT2D eigenvalue weighted by atomic mass is 10.0. The Hall–Kier alpha value is -4.84. The monoisotopic (exact) mass is 547 g/mol. The Morgan fingerprint density at radius 1 is 0.854 bits per heavy atom. The average Bonchev–Trinajstić information content (AvgIpc) is 3.35. The molecule has 4 aromatic carbocycles. The fourth-order valence-corrected chi connectivity index (χ4v) is 4.53. The van der Waals surface area contributed by atoms with Gasteiger partial charge in [-0.3, -0.25) is 0 Å². The highest BCUT2D eigenvalue weighted by molar-refractivity contribution is 5.77. The highest BCUT2D eigenvalue weighted by Gasteiger charge is 2.30. The lowest BCUT2D eigenvalue weighted by Crippen LogP contribution is -2.38. The predicted octanol–water partition coefficient (Wildman–Crippen LogP) is 7.77. The molecule has 6 heteroatoms. The molecule has 5 aromatic rings. The maximum atomic E-state index is 11.7. The van der Waals surface area contributed by atoms with E-state index >= 15 is 0 Å². The Bertz CT molecular complexity index is 1620. The molecule has 0 amide bonds. The van der Waals surface area contributed by atoms with Gasteiger partial charge in [0.15, 0.2) is 5.60 Å². The van der Waals surface area contributed by atoms with Gasteiger partial charge in [0.1, 0.15) is 17.3 Å². The summed E-state index contributed by atoms with van der Waals surface area (Å²) in [6, 6.07) is 33.9. The van der Waals surface area contributed by atoms with Crippen LogP contribution in [0.5, 0.6) is 11.5 Å². The van der Waals surface area contributed by atoms with E-state index in [0.717, 1.165) is 39.3 Å². The molecule has 0 unspecified atom stereocenters. The second kappa shape index (κ2) is 12.1. The zero-order valence-electron chi connectivity index (χ0n) is 23.5. The number of ether oxygens (including phenoxy) is 2. The zero-order chi connectivity index (χ0) is 28.8. The Labute approximate surface area is 240 Å². The number of carbonyl (C=O) groups is 1. The van der Waals surface area contributed by atoms with Gasteiger partial charge < -0.3 is 19.0 Å². The number of carboxylic acid groups (broad SMARTS) is 1. The first-order valence-corrected chi connectivity index (χ1v) is 13.6. The summed E-state index contributed by atoms with van der Waals surface area (Å²) < 4.78 is 18.1. The normalized spacial score (nSPS) is 11.3. The number of aryl methyl sites for hydroxylation is 1. The summed E-state index contributed by atoms with van der Waals surface area (Å²) in [5.41, 5.74) is 4.59. The minimum Gasteiger partial charge on any atom is -0.493 e. The molecule has 0 fully saturated rings. The Morgan fingerprint density at radius 3 is 2.27 bits per heavy atom. The van der Waals surface area contributed by atoms with Crippen molar-refractivity contribution in [2.75, 3.05) is 6.61 Å².